The maximum atomic E-state index is 10.7. The molecule has 0 saturated carbocycles. The quantitative estimate of drug-likeness (QED) is 0.919. The zero-order valence-electron chi connectivity index (χ0n) is 10.0. The topological polar surface area (TPSA) is 63.1 Å². The van der Waals surface area contributed by atoms with Crippen molar-refractivity contribution in [1.82, 2.24) is 10.2 Å². The lowest BCUT2D eigenvalue weighted by molar-refractivity contribution is 0.0689. The summed E-state index contributed by atoms with van der Waals surface area (Å²) in [4.78, 5) is 11.7. The van der Waals surface area contributed by atoms with Crippen molar-refractivity contribution in [3.05, 3.63) is 47.2 Å². The molecule has 1 heterocycles. The van der Waals surface area contributed by atoms with E-state index in [9.17, 15) is 4.79 Å². The van der Waals surface area contributed by atoms with Gasteiger partial charge in [-0.25, -0.2) is 4.79 Å². The van der Waals surface area contributed by atoms with Crippen molar-refractivity contribution in [2.75, 3.05) is 0 Å². The van der Waals surface area contributed by atoms with E-state index < -0.39 is 5.97 Å². The number of nitrogens with zero attached hydrogens (tertiary/aromatic N) is 2. The zero-order chi connectivity index (χ0) is 13.1. The molecule has 5 heteroatoms. The molecule has 1 N–H and O–H groups in total. The number of hydrogen-bond donors (Lipinski definition) is 1. The predicted molar refractivity (Wildman–Crippen MR) is 69.0 cm³/mol. The van der Waals surface area contributed by atoms with Crippen molar-refractivity contribution >= 4 is 17.7 Å². The van der Waals surface area contributed by atoms with Crippen LogP contribution in [0, 0.1) is 13.8 Å². The molecule has 2 rings (SSSR count). The summed E-state index contributed by atoms with van der Waals surface area (Å²) in [5, 5.41) is 17.0. The average molecular weight is 260 g/mol. The van der Waals surface area contributed by atoms with Gasteiger partial charge in [-0.1, -0.05) is 29.5 Å². The summed E-state index contributed by atoms with van der Waals surface area (Å²) >= 11 is 1.48. The second-order valence-corrected chi connectivity index (χ2v) is 5.00. The van der Waals surface area contributed by atoms with E-state index in [0.717, 1.165) is 4.90 Å². The Morgan fingerprint density at radius 2 is 1.94 bits per heavy atom. The Labute approximate surface area is 109 Å². The van der Waals surface area contributed by atoms with E-state index in [0.29, 0.717) is 5.03 Å². The summed E-state index contributed by atoms with van der Waals surface area (Å²) in [5.41, 5.74) is 2.34. The third-order valence-electron chi connectivity index (χ3n) is 2.40. The smallest absolute Gasteiger partial charge is 0.356 e. The Morgan fingerprint density at radius 3 is 2.50 bits per heavy atom. The van der Waals surface area contributed by atoms with Gasteiger partial charge in [-0.3, -0.25) is 0 Å². The lowest BCUT2D eigenvalue weighted by atomic mass is 10.2. The van der Waals surface area contributed by atoms with Gasteiger partial charge in [0.05, 0.1) is 0 Å². The SMILES string of the molecule is Cc1ccc(Sc2ccc(C(=O)O)nn2)c(C)c1. The first-order valence-electron chi connectivity index (χ1n) is 5.38. The largest absolute Gasteiger partial charge is 0.476 e. The molecule has 0 aliphatic heterocycles. The minimum Gasteiger partial charge on any atom is -0.476 e. The lowest BCUT2D eigenvalue weighted by Crippen LogP contribution is -2.01. The second kappa shape index (κ2) is 5.18. The minimum absolute atomic E-state index is 0.0417. The van der Waals surface area contributed by atoms with Crippen LogP contribution < -0.4 is 0 Å². The van der Waals surface area contributed by atoms with Crippen LogP contribution in [0.3, 0.4) is 0 Å². The Balaban J connectivity index is 2.21. The monoisotopic (exact) mass is 260 g/mol. The number of hydrogen-bond acceptors (Lipinski definition) is 4. The first-order valence-corrected chi connectivity index (χ1v) is 6.20. The third kappa shape index (κ3) is 2.87. The summed E-state index contributed by atoms with van der Waals surface area (Å²) in [6, 6.07) is 9.29. The molecule has 1 aromatic carbocycles. The van der Waals surface area contributed by atoms with Crippen LogP contribution >= 0.6 is 11.8 Å². The highest BCUT2D eigenvalue weighted by atomic mass is 32.2. The van der Waals surface area contributed by atoms with Gasteiger partial charge in [-0.2, -0.15) is 0 Å². The lowest BCUT2D eigenvalue weighted by Gasteiger charge is -2.05. The summed E-state index contributed by atoms with van der Waals surface area (Å²) < 4.78 is 0. The molecule has 0 unspecified atom stereocenters. The Morgan fingerprint density at radius 1 is 1.17 bits per heavy atom. The average Bonchev–Trinajstić information content (AvgIpc) is 2.33. The van der Waals surface area contributed by atoms with E-state index in [1.54, 1.807) is 6.07 Å². The van der Waals surface area contributed by atoms with Gasteiger partial charge in [0.15, 0.2) is 5.69 Å². The highest BCUT2D eigenvalue weighted by Crippen LogP contribution is 2.28. The van der Waals surface area contributed by atoms with Gasteiger partial charge >= 0.3 is 5.97 Å². The van der Waals surface area contributed by atoms with Crippen molar-refractivity contribution in [3.8, 4) is 0 Å². The Hall–Kier alpha value is -1.88. The number of carbonyl (C=O) groups is 1. The molecule has 4 nitrogen and oxygen atoms in total. The molecule has 0 radical (unpaired) electrons. The maximum absolute atomic E-state index is 10.7. The van der Waals surface area contributed by atoms with Crippen molar-refractivity contribution in [1.29, 1.82) is 0 Å². The van der Waals surface area contributed by atoms with Crippen LogP contribution in [0.5, 0.6) is 0 Å². The first-order chi connectivity index (χ1) is 8.56. The third-order valence-corrected chi connectivity index (χ3v) is 3.51. The molecule has 92 valence electrons. The molecule has 1 aromatic heterocycles. The molecule has 18 heavy (non-hydrogen) atoms. The van der Waals surface area contributed by atoms with Crippen molar-refractivity contribution in [2.24, 2.45) is 0 Å². The van der Waals surface area contributed by atoms with Gasteiger partial charge < -0.3 is 5.11 Å². The van der Waals surface area contributed by atoms with Crippen molar-refractivity contribution < 1.29 is 9.90 Å². The van der Waals surface area contributed by atoms with Crippen LogP contribution in [0.15, 0.2) is 40.3 Å². The summed E-state index contributed by atoms with van der Waals surface area (Å²) in [6.45, 7) is 4.08. The van der Waals surface area contributed by atoms with E-state index in [2.05, 4.69) is 16.3 Å². The Bertz CT molecular complexity index is 582. The van der Waals surface area contributed by atoms with Crippen molar-refractivity contribution in [3.63, 3.8) is 0 Å². The van der Waals surface area contributed by atoms with Crippen LogP contribution in [-0.4, -0.2) is 21.3 Å². The molecule has 0 spiro atoms. The molecular formula is C13H12N2O2S. The number of aryl methyl sites for hydroxylation is 2. The summed E-state index contributed by atoms with van der Waals surface area (Å²) in [7, 11) is 0. The number of benzene rings is 1. The maximum Gasteiger partial charge on any atom is 0.356 e. The number of carboxylic acid groups (broad SMARTS) is 1. The zero-order valence-corrected chi connectivity index (χ0v) is 10.9. The minimum atomic E-state index is -1.06. The van der Waals surface area contributed by atoms with Gasteiger partial charge in [0.2, 0.25) is 0 Å². The second-order valence-electron chi connectivity index (χ2n) is 3.93. The van der Waals surface area contributed by atoms with Crippen LogP contribution in [0.2, 0.25) is 0 Å². The molecular weight excluding hydrogens is 248 g/mol. The van der Waals surface area contributed by atoms with Gasteiger partial charge in [0.1, 0.15) is 5.03 Å². The van der Waals surface area contributed by atoms with Crippen molar-refractivity contribution in [2.45, 2.75) is 23.8 Å². The fraction of sp³-hybridized carbons (Fsp3) is 0.154. The van der Waals surface area contributed by atoms with E-state index in [1.165, 1.54) is 29.0 Å². The molecule has 0 atom stereocenters. The van der Waals surface area contributed by atoms with Gasteiger partial charge in [0.25, 0.3) is 0 Å². The van der Waals surface area contributed by atoms with E-state index in [4.69, 9.17) is 5.11 Å². The highest BCUT2D eigenvalue weighted by molar-refractivity contribution is 7.99. The molecule has 0 fully saturated rings. The van der Waals surface area contributed by atoms with Gasteiger partial charge in [-0.15, -0.1) is 10.2 Å². The molecule has 0 amide bonds. The van der Waals surface area contributed by atoms with E-state index in [1.807, 2.05) is 26.0 Å². The number of rotatable bonds is 3. The van der Waals surface area contributed by atoms with Crippen LogP contribution in [0.1, 0.15) is 21.6 Å². The molecule has 0 aliphatic rings. The number of carboxylic acids is 1. The van der Waals surface area contributed by atoms with Crippen LogP contribution in [-0.2, 0) is 0 Å². The summed E-state index contributed by atoms with van der Waals surface area (Å²) in [5.74, 6) is -1.06. The molecule has 0 saturated heterocycles. The van der Waals surface area contributed by atoms with Crippen LogP contribution in [0.4, 0.5) is 0 Å². The standard InChI is InChI=1S/C13H12N2O2S/c1-8-3-5-11(9(2)7-8)18-12-6-4-10(13(16)17)14-15-12/h3-7H,1-2H3,(H,16,17). The number of aromatic carboxylic acids is 1. The predicted octanol–water partition coefficient (Wildman–Crippen LogP) is 2.94. The van der Waals surface area contributed by atoms with Gasteiger partial charge in [0, 0.05) is 4.90 Å². The van der Waals surface area contributed by atoms with E-state index in [-0.39, 0.29) is 5.69 Å². The molecule has 0 bridgehead atoms. The molecule has 2 aromatic rings. The normalized spacial score (nSPS) is 10.3. The molecule has 0 aliphatic carbocycles. The Kier molecular flexibility index (Phi) is 3.62. The van der Waals surface area contributed by atoms with Crippen LogP contribution in [0.25, 0.3) is 0 Å². The fourth-order valence-electron chi connectivity index (χ4n) is 1.52. The van der Waals surface area contributed by atoms with Gasteiger partial charge in [-0.05, 0) is 37.6 Å². The first kappa shape index (κ1) is 12.6. The summed E-state index contributed by atoms with van der Waals surface area (Å²) in [6.07, 6.45) is 0. The van der Waals surface area contributed by atoms with E-state index >= 15 is 0 Å². The highest BCUT2D eigenvalue weighted by Gasteiger charge is 2.07. The number of aromatic nitrogens is 2. The fourth-order valence-corrected chi connectivity index (χ4v) is 2.31.